The van der Waals surface area contributed by atoms with Crippen LogP contribution in [0.4, 0.5) is 5.69 Å². The van der Waals surface area contributed by atoms with Gasteiger partial charge >= 0.3 is 0 Å². The number of benzene rings is 1. The quantitative estimate of drug-likeness (QED) is 0.741. The highest BCUT2D eigenvalue weighted by atomic mass is 32.2. The monoisotopic (exact) mass is 377 g/mol. The van der Waals surface area contributed by atoms with Crippen LogP contribution >= 0.6 is 0 Å². The molecule has 1 aliphatic rings. The second-order valence-electron chi connectivity index (χ2n) is 5.85. The number of hydrogen-bond donors (Lipinski definition) is 2. The molecule has 1 aliphatic heterocycles. The smallest absolute Gasteiger partial charge is 0.299 e. The zero-order valence-corrected chi connectivity index (χ0v) is 15.6. The molecule has 1 heterocycles. The van der Waals surface area contributed by atoms with Crippen LogP contribution in [0.3, 0.4) is 0 Å². The maximum Gasteiger partial charge on any atom is 0.299 e. The maximum atomic E-state index is 12.6. The van der Waals surface area contributed by atoms with Gasteiger partial charge in [-0.2, -0.15) is 17.4 Å². The van der Waals surface area contributed by atoms with Gasteiger partial charge in [-0.15, -0.1) is 0 Å². The van der Waals surface area contributed by atoms with E-state index in [0.29, 0.717) is 13.1 Å². The fourth-order valence-electron chi connectivity index (χ4n) is 2.49. The molecule has 1 saturated heterocycles. The van der Waals surface area contributed by atoms with Gasteiger partial charge in [-0.25, -0.2) is 8.42 Å². The highest BCUT2D eigenvalue weighted by Gasteiger charge is 2.28. The van der Waals surface area contributed by atoms with Crippen LogP contribution in [-0.2, 0) is 20.2 Å². The predicted molar refractivity (Wildman–Crippen MR) is 91.8 cm³/mol. The van der Waals surface area contributed by atoms with E-state index in [4.69, 9.17) is 4.74 Å². The Bertz CT molecular complexity index is 785. The van der Waals surface area contributed by atoms with Crippen LogP contribution in [0.15, 0.2) is 23.1 Å². The Labute approximate surface area is 143 Å². The lowest BCUT2D eigenvalue weighted by atomic mass is 10.3. The SMILES string of the molecule is COc1ccc(S(=O)(=O)N2CCCC2)cc1NS(=O)(=O)NC(C)C. The molecule has 0 radical (unpaired) electrons. The number of rotatable bonds is 7. The average molecular weight is 377 g/mol. The van der Waals surface area contributed by atoms with Crippen molar-refractivity contribution in [2.75, 3.05) is 24.9 Å². The molecule has 0 unspecified atom stereocenters. The molecule has 1 aromatic carbocycles. The highest BCUT2D eigenvalue weighted by molar-refractivity contribution is 7.90. The summed E-state index contributed by atoms with van der Waals surface area (Å²) in [6.07, 6.45) is 1.65. The molecule has 136 valence electrons. The van der Waals surface area contributed by atoms with Crippen molar-refractivity contribution in [3.05, 3.63) is 18.2 Å². The third-order valence-electron chi connectivity index (χ3n) is 3.51. The number of nitrogens with zero attached hydrogens (tertiary/aromatic N) is 1. The van der Waals surface area contributed by atoms with Crippen molar-refractivity contribution >= 4 is 25.9 Å². The van der Waals surface area contributed by atoms with Gasteiger partial charge in [-0.3, -0.25) is 4.72 Å². The van der Waals surface area contributed by atoms with Crippen molar-refractivity contribution in [3.63, 3.8) is 0 Å². The minimum absolute atomic E-state index is 0.0347. The van der Waals surface area contributed by atoms with Gasteiger partial charge in [0.05, 0.1) is 17.7 Å². The first-order valence-corrected chi connectivity index (χ1v) is 10.6. The topological polar surface area (TPSA) is 105 Å². The Morgan fingerprint density at radius 1 is 1.12 bits per heavy atom. The third-order valence-corrected chi connectivity index (χ3v) is 6.67. The summed E-state index contributed by atoms with van der Waals surface area (Å²) in [6.45, 7) is 4.32. The lowest BCUT2D eigenvalue weighted by molar-refractivity contribution is 0.416. The van der Waals surface area contributed by atoms with Crippen molar-refractivity contribution in [1.29, 1.82) is 0 Å². The number of hydrogen-bond acceptors (Lipinski definition) is 5. The van der Waals surface area contributed by atoms with E-state index in [1.165, 1.54) is 29.6 Å². The molecule has 10 heteroatoms. The molecule has 0 aromatic heterocycles. The van der Waals surface area contributed by atoms with E-state index in [9.17, 15) is 16.8 Å². The number of anilines is 1. The first-order valence-electron chi connectivity index (χ1n) is 7.64. The summed E-state index contributed by atoms with van der Waals surface area (Å²) in [4.78, 5) is 0.0347. The summed E-state index contributed by atoms with van der Waals surface area (Å²) < 4.78 is 60.6. The summed E-state index contributed by atoms with van der Waals surface area (Å²) in [7, 11) is -6.09. The van der Waals surface area contributed by atoms with Gasteiger partial charge in [0, 0.05) is 19.1 Å². The predicted octanol–water partition coefficient (Wildman–Crippen LogP) is 1.13. The molecular formula is C14H23N3O5S2. The molecule has 0 aliphatic carbocycles. The van der Waals surface area contributed by atoms with E-state index in [1.54, 1.807) is 13.8 Å². The maximum absolute atomic E-state index is 12.6. The lowest BCUT2D eigenvalue weighted by Crippen LogP contribution is -2.35. The first-order chi connectivity index (χ1) is 11.2. The number of nitrogens with one attached hydrogen (secondary N) is 2. The van der Waals surface area contributed by atoms with Gasteiger partial charge in [-0.05, 0) is 44.9 Å². The molecule has 0 amide bonds. The van der Waals surface area contributed by atoms with Crippen LogP contribution in [0.1, 0.15) is 26.7 Å². The van der Waals surface area contributed by atoms with Crippen LogP contribution in [0, 0.1) is 0 Å². The fraction of sp³-hybridized carbons (Fsp3) is 0.571. The first kappa shape index (κ1) is 19.0. The molecule has 0 saturated carbocycles. The van der Waals surface area contributed by atoms with Gasteiger partial charge in [-0.1, -0.05) is 0 Å². The van der Waals surface area contributed by atoms with Gasteiger partial charge in [0.2, 0.25) is 10.0 Å². The molecule has 24 heavy (non-hydrogen) atoms. The number of sulfonamides is 1. The van der Waals surface area contributed by atoms with E-state index >= 15 is 0 Å². The van der Waals surface area contributed by atoms with Crippen molar-refractivity contribution in [3.8, 4) is 5.75 Å². The molecule has 0 atom stereocenters. The summed E-state index contributed by atoms with van der Waals surface area (Å²) in [5.41, 5.74) is 0.0749. The van der Waals surface area contributed by atoms with Gasteiger partial charge in [0.25, 0.3) is 10.2 Å². The van der Waals surface area contributed by atoms with Crippen molar-refractivity contribution in [2.24, 2.45) is 0 Å². The zero-order chi connectivity index (χ0) is 18.0. The minimum Gasteiger partial charge on any atom is -0.495 e. The molecular weight excluding hydrogens is 354 g/mol. The van der Waals surface area contributed by atoms with E-state index < -0.39 is 20.2 Å². The van der Waals surface area contributed by atoms with Gasteiger partial charge in [0.1, 0.15) is 5.75 Å². The van der Waals surface area contributed by atoms with E-state index in [1.807, 2.05) is 0 Å². The van der Waals surface area contributed by atoms with Crippen LogP contribution in [0.25, 0.3) is 0 Å². The lowest BCUT2D eigenvalue weighted by Gasteiger charge is -2.18. The summed E-state index contributed by atoms with van der Waals surface area (Å²) >= 11 is 0. The molecule has 2 N–H and O–H groups in total. The zero-order valence-electron chi connectivity index (χ0n) is 13.9. The minimum atomic E-state index is -3.84. The Balaban J connectivity index is 2.37. The Hall–Kier alpha value is -1.36. The second kappa shape index (κ2) is 7.26. The number of methoxy groups -OCH3 is 1. The summed E-state index contributed by atoms with van der Waals surface area (Å²) in [5.74, 6) is 0.240. The standard InChI is InChI=1S/C14H23N3O5S2/c1-11(2)15-24(20,21)16-13-10-12(6-7-14(13)22-3)23(18,19)17-8-4-5-9-17/h6-7,10-11,15-16H,4-5,8-9H2,1-3H3. The van der Waals surface area contributed by atoms with Gasteiger partial charge < -0.3 is 4.74 Å². The van der Waals surface area contributed by atoms with Crippen molar-refractivity contribution in [1.82, 2.24) is 9.03 Å². The molecule has 1 fully saturated rings. The Morgan fingerprint density at radius 3 is 2.29 bits per heavy atom. The summed E-state index contributed by atoms with van der Waals surface area (Å²) in [6, 6.07) is 3.84. The highest BCUT2D eigenvalue weighted by Crippen LogP contribution is 2.30. The van der Waals surface area contributed by atoms with E-state index in [-0.39, 0.29) is 22.4 Å². The van der Waals surface area contributed by atoms with Gasteiger partial charge in [0.15, 0.2) is 0 Å². The third kappa shape index (κ3) is 4.38. The molecule has 0 bridgehead atoms. The second-order valence-corrected chi connectivity index (χ2v) is 9.24. The number of ether oxygens (including phenoxy) is 1. The van der Waals surface area contributed by atoms with E-state index in [2.05, 4.69) is 9.44 Å². The van der Waals surface area contributed by atoms with Crippen LogP contribution in [0.2, 0.25) is 0 Å². The largest absolute Gasteiger partial charge is 0.495 e. The van der Waals surface area contributed by atoms with Crippen molar-refractivity contribution in [2.45, 2.75) is 37.6 Å². The van der Waals surface area contributed by atoms with E-state index in [0.717, 1.165) is 12.8 Å². The van der Waals surface area contributed by atoms with Crippen LogP contribution < -0.4 is 14.2 Å². The van der Waals surface area contributed by atoms with Crippen LogP contribution in [0.5, 0.6) is 5.75 Å². The van der Waals surface area contributed by atoms with Crippen molar-refractivity contribution < 1.29 is 21.6 Å². The molecule has 8 nitrogen and oxygen atoms in total. The van der Waals surface area contributed by atoms with Crippen LogP contribution in [-0.4, -0.2) is 47.4 Å². The Morgan fingerprint density at radius 2 is 1.75 bits per heavy atom. The molecule has 1 aromatic rings. The Kier molecular flexibility index (Phi) is 5.74. The molecule has 0 spiro atoms. The normalized spacial score (nSPS) is 16.5. The fourth-order valence-corrected chi connectivity index (χ4v) is 5.16. The summed E-state index contributed by atoms with van der Waals surface area (Å²) in [5, 5.41) is 0. The molecule has 2 rings (SSSR count). The average Bonchev–Trinajstić information content (AvgIpc) is 3.00.